The zero-order valence-electron chi connectivity index (χ0n) is 38.8. The van der Waals surface area contributed by atoms with E-state index in [1.807, 2.05) is 71.9 Å². The van der Waals surface area contributed by atoms with Crippen LogP contribution in [0.15, 0.2) is 54.6 Å². The second-order valence-corrected chi connectivity index (χ2v) is 17.4. The quantitative estimate of drug-likeness (QED) is 0.133. The van der Waals surface area contributed by atoms with Gasteiger partial charge in [0.15, 0.2) is 0 Å². The maximum Gasteiger partial charge on any atom is 0.410 e. The minimum absolute atomic E-state index is 0.0340. The summed E-state index contributed by atoms with van der Waals surface area (Å²) in [7, 11) is 6.08. The Balaban J connectivity index is 1.77. The Bertz CT molecular complexity index is 1810. The molecule has 5 amide bonds. The monoisotopic (exact) mass is 884 g/mol. The number of methoxy groups -OCH3 is 2. The van der Waals surface area contributed by atoms with Gasteiger partial charge in [0.2, 0.25) is 23.6 Å². The molecule has 1 aliphatic heterocycles. The van der Waals surface area contributed by atoms with Crippen LogP contribution in [0.2, 0.25) is 0 Å². The Morgan fingerprint density at radius 2 is 1.48 bits per heavy atom. The number of carbonyl (C=O) groups excluding carboxylic acids is 5. The van der Waals surface area contributed by atoms with Crippen molar-refractivity contribution in [3.63, 3.8) is 0 Å². The zero-order valence-corrected chi connectivity index (χ0v) is 38.8. The maximum absolute atomic E-state index is 14.5. The van der Waals surface area contributed by atoms with Gasteiger partial charge < -0.3 is 39.8 Å². The van der Waals surface area contributed by atoms with E-state index in [0.29, 0.717) is 31.4 Å². The number of carboxylic acids is 1. The van der Waals surface area contributed by atoms with Crippen LogP contribution in [0.4, 0.5) is 9.18 Å². The van der Waals surface area contributed by atoms with Crippen LogP contribution in [0, 0.1) is 29.5 Å². The van der Waals surface area contributed by atoms with E-state index in [-0.39, 0.29) is 49.0 Å². The molecule has 0 radical (unpaired) electrons. The summed E-state index contributed by atoms with van der Waals surface area (Å²) in [4.78, 5) is 86.1. The number of carboxylic acid groups (broad SMARTS) is 1. The first-order valence-corrected chi connectivity index (χ1v) is 21.9. The van der Waals surface area contributed by atoms with Gasteiger partial charge in [0.25, 0.3) is 0 Å². The molecule has 2 aromatic carbocycles. The fraction of sp³-hybridized carbons (Fsp3) is 0.617. The number of carbonyl (C=O) groups is 6. The van der Waals surface area contributed by atoms with E-state index in [1.165, 1.54) is 50.4 Å². The van der Waals surface area contributed by atoms with E-state index in [2.05, 4.69) is 10.6 Å². The van der Waals surface area contributed by atoms with Crippen LogP contribution >= 0.6 is 0 Å². The van der Waals surface area contributed by atoms with Crippen molar-refractivity contribution in [2.45, 2.75) is 130 Å². The normalized spacial score (nSPS) is 17.7. The molecular weight excluding hydrogens is 814 g/mol. The average Bonchev–Trinajstić information content (AvgIpc) is 3.74. The highest BCUT2D eigenvalue weighted by atomic mass is 19.1. The van der Waals surface area contributed by atoms with Gasteiger partial charge in [-0.1, -0.05) is 97.4 Å². The number of ether oxygens (including phenoxy) is 3. The summed E-state index contributed by atoms with van der Waals surface area (Å²) < 4.78 is 30.8. The van der Waals surface area contributed by atoms with Gasteiger partial charge in [-0.15, -0.1) is 0 Å². The highest BCUT2D eigenvalue weighted by Gasteiger charge is 2.44. The SMILES string of the molecule is CCC(C)C(C(CC(=O)N1CCC[C@H]1C(OC)[C@@H](C)C(=O)NC(Cc1ccc(F)cc1)C(=O)O)OC)N(C)C(=O)[C@@H](NC(=O)C(C(C)C)N(C)C(=O)OCc1ccccc1)C(C)C. The molecule has 6 unspecified atom stereocenters. The van der Waals surface area contributed by atoms with E-state index in [9.17, 15) is 38.3 Å². The van der Waals surface area contributed by atoms with E-state index < -0.39 is 78.0 Å². The first-order chi connectivity index (χ1) is 29.8. The minimum Gasteiger partial charge on any atom is -0.480 e. The van der Waals surface area contributed by atoms with Crippen molar-refractivity contribution in [2.24, 2.45) is 23.7 Å². The zero-order chi connectivity index (χ0) is 47.1. The molecule has 0 aliphatic carbocycles. The van der Waals surface area contributed by atoms with Crippen LogP contribution in [0.25, 0.3) is 0 Å². The number of nitrogens with one attached hydrogen (secondary N) is 2. The molecule has 63 heavy (non-hydrogen) atoms. The molecule has 1 aliphatic rings. The summed E-state index contributed by atoms with van der Waals surface area (Å²) >= 11 is 0. The van der Waals surface area contributed by atoms with Crippen molar-refractivity contribution in [3.05, 3.63) is 71.5 Å². The lowest BCUT2D eigenvalue weighted by atomic mass is 9.89. The second-order valence-electron chi connectivity index (χ2n) is 17.4. The minimum atomic E-state index is -1.28. The number of hydrogen-bond acceptors (Lipinski definition) is 9. The van der Waals surface area contributed by atoms with Crippen molar-refractivity contribution in [2.75, 3.05) is 34.9 Å². The summed E-state index contributed by atoms with van der Waals surface area (Å²) in [5, 5.41) is 15.4. The van der Waals surface area contributed by atoms with Crippen LogP contribution in [-0.2, 0) is 51.2 Å². The topological polar surface area (TPSA) is 184 Å². The lowest BCUT2D eigenvalue weighted by molar-refractivity contribution is -0.148. The van der Waals surface area contributed by atoms with Crippen molar-refractivity contribution >= 4 is 35.7 Å². The van der Waals surface area contributed by atoms with Gasteiger partial charge in [0.05, 0.1) is 36.6 Å². The lowest BCUT2D eigenvalue weighted by Crippen LogP contribution is -2.60. The molecule has 1 saturated heterocycles. The van der Waals surface area contributed by atoms with Crippen molar-refractivity contribution in [1.29, 1.82) is 0 Å². The number of likely N-dealkylation sites (N-methyl/N-ethyl adjacent to an activating group) is 2. The molecule has 0 aromatic heterocycles. The summed E-state index contributed by atoms with van der Waals surface area (Å²) in [6.07, 6.45) is -0.544. The van der Waals surface area contributed by atoms with Crippen LogP contribution in [-0.4, -0.2) is 133 Å². The average molecular weight is 884 g/mol. The first kappa shape index (κ1) is 52.3. The van der Waals surface area contributed by atoms with Crippen LogP contribution in [0.3, 0.4) is 0 Å². The maximum atomic E-state index is 14.5. The van der Waals surface area contributed by atoms with Gasteiger partial charge >= 0.3 is 12.1 Å². The number of nitrogens with zero attached hydrogens (tertiary/aromatic N) is 3. The summed E-state index contributed by atoms with van der Waals surface area (Å²) in [6.45, 7) is 13.3. The molecule has 3 rings (SSSR count). The molecule has 2 aromatic rings. The van der Waals surface area contributed by atoms with Crippen molar-refractivity contribution in [1.82, 2.24) is 25.3 Å². The largest absolute Gasteiger partial charge is 0.480 e. The molecule has 3 N–H and O–H groups in total. The van der Waals surface area contributed by atoms with E-state index in [0.717, 1.165) is 5.56 Å². The Labute approximate surface area is 372 Å². The van der Waals surface area contributed by atoms with Gasteiger partial charge in [-0.05, 0) is 53.9 Å². The summed E-state index contributed by atoms with van der Waals surface area (Å²) in [6, 6.07) is 10.3. The number of amides is 5. The first-order valence-electron chi connectivity index (χ1n) is 21.9. The highest BCUT2D eigenvalue weighted by Crippen LogP contribution is 2.30. The Morgan fingerprint density at radius 1 is 0.841 bits per heavy atom. The summed E-state index contributed by atoms with van der Waals surface area (Å²) in [5.74, 6) is -5.09. The van der Waals surface area contributed by atoms with Crippen LogP contribution in [0.1, 0.15) is 85.3 Å². The van der Waals surface area contributed by atoms with Gasteiger partial charge in [-0.3, -0.25) is 24.1 Å². The Hall–Kier alpha value is -5.09. The molecule has 1 fully saturated rings. The number of benzene rings is 2. The molecule has 1 heterocycles. The molecule has 15 nitrogen and oxygen atoms in total. The lowest BCUT2D eigenvalue weighted by Gasteiger charge is -2.41. The third-order valence-electron chi connectivity index (χ3n) is 12.3. The Kier molecular flexibility index (Phi) is 20.5. The highest BCUT2D eigenvalue weighted by molar-refractivity contribution is 5.92. The van der Waals surface area contributed by atoms with Gasteiger partial charge in [-0.2, -0.15) is 0 Å². The van der Waals surface area contributed by atoms with Crippen LogP contribution < -0.4 is 10.6 Å². The molecular formula is C47H70FN5O10. The third-order valence-corrected chi connectivity index (χ3v) is 12.3. The standard InChI is InChI=1S/C47H70FN5O10/c1-12-30(6)41(51(8)45(57)39(28(2)3)50-44(56)40(29(4)5)52(9)47(60)63-27-33-17-14-13-15-18-33)37(61-10)26-38(54)53-24-16-19-36(53)42(62-11)31(7)43(55)49-35(46(58)59)25-32-20-22-34(48)23-21-32/h13-15,17-18,20-23,28-31,35-37,39-42H,12,16,19,24-27H2,1-11H3,(H,49,55)(H,50,56)(H,58,59)/t30?,31-,35?,36+,37?,39+,40?,41?,42?/m1/s1. The van der Waals surface area contributed by atoms with Crippen LogP contribution in [0.5, 0.6) is 0 Å². The molecule has 350 valence electrons. The number of likely N-dealkylation sites (tertiary alicyclic amines) is 1. The Morgan fingerprint density at radius 3 is 2.02 bits per heavy atom. The molecule has 0 spiro atoms. The van der Waals surface area contributed by atoms with E-state index in [1.54, 1.807) is 23.8 Å². The molecule has 16 heteroatoms. The third kappa shape index (κ3) is 14.2. The predicted molar refractivity (Wildman–Crippen MR) is 236 cm³/mol. The van der Waals surface area contributed by atoms with Gasteiger partial charge in [0.1, 0.15) is 30.5 Å². The van der Waals surface area contributed by atoms with Gasteiger partial charge in [-0.25, -0.2) is 14.0 Å². The summed E-state index contributed by atoms with van der Waals surface area (Å²) in [5.41, 5.74) is 1.34. The molecule has 0 bridgehead atoms. The fourth-order valence-electron chi connectivity index (χ4n) is 8.50. The van der Waals surface area contributed by atoms with Gasteiger partial charge in [0, 0.05) is 41.3 Å². The van der Waals surface area contributed by atoms with Crippen molar-refractivity contribution < 1.29 is 52.5 Å². The number of rotatable bonds is 23. The van der Waals surface area contributed by atoms with Crippen molar-refractivity contribution in [3.8, 4) is 0 Å². The molecule has 0 saturated carbocycles. The van der Waals surface area contributed by atoms with E-state index in [4.69, 9.17) is 14.2 Å². The second kappa shape index (κ2) is 24.7. The predicted octanol–water partition coefficient (Wildman–Crippen LogP) is 5.29. The fourth-order valence-corrected chi connectivity index (χ4v) is 8.50. The number of aliphatic carboxylic acids is 1. The number of halogens is 1. The smallest absolute Gasteiger partial charge is 0.410 e. The molecule has 9 atom stereocenters. The van der Waals surface area contributed by atoms with E-state index >= 15 is 0 Å². The number of hydrogen-bond donors (Lipinski definition) is 3.